The zero-order valence-corrected chi connectivity index (χ0v) is 11.3. The Kier molecular flexibility index (Phi) is 6.12. The number of hydrogen-bond acceptors (Lipinski definition) is 3. The van der Waals surface area contributed by atoms with Gasteiger partial charge in [-0.2, -0.15) is 4.91 Å². The Labute approximate surface area is 109 Å². The molecule has 0 N–H and O–H groups in total. The van der Waals surface area contributed by atoms with Crippen LogP contribution in [0.5, 0.6) is 5.75 Å². The van der Waals surface area contributed by atoms with Gasteiger partial charge in [-0.25, -0.2) is 0 Å². The fraction of sp³-hybridized carbons (Fsp3) is 0.467. The highest BCUT2D eigenvalue weighted by Gasteiger charge is 2.05. The fourth-order valence-electron chi connectivity index (χ4n) is 1.63. The Morgan fingerprint density at radius 2 is 1.89 bits per heavy atom. The quantitative estimate of drug-likeness (QED) is 0.674. The van der Waals surface area contributed by atoms with E-state index in [1.165, 1.54) is 0 Å². The molecule has 0 aliphatic carbocycles. The standard InChI is InChI=1S/C15H21NO2/c1-12(2)4-8-14(16-17)9-5-13-6-10-15(18-3)11-7-13/h5-7,9-12,14H,4,8H2,1-3H3. The Hall–Kier alpha value is -1.64. The highest BCUT2D eigenvalue weighted by atomic mass is 16.5. The van der Waals surface area contributed by atoms with Crippen LogP contribution < -0.4 is 4.74 Å². The molecular formula is C15H21NO2. The molecule has 0 aliphatic rings. The zero-order chi connectivity index (χ0) is 13.4. The van der Waals surface area contributed by atoms with E-state index >= 15 is 0 Å². The average molecular weight is 247 g/mol. The van der Waals surface area contributed by atoms with Gasteiger partial charge in [0.15, 0.2) is 0 Å². The first kappa shape index (κ1) is 14.4. The van der Waals surface area contributed by atoms with Gasteiger partial charge >= 0.3 is 0 Å². The largest absolute Gasteiger partial charge is 0.497 e. The minimum Gasteiger partial charge on any atom is -0.497 e. The van der Waals surface area contributed by atoms with Gasteiger partial charge in [-0.1, -0.05) is 43.3 Å². The van der Waals surface area contributed by atoms with Crippen LogP contribution in [0.2, 0.25) is 0 Å². The Bertz CT molecular complexity index is 382. The van der Waals surface area contributed by atoms with Crippen molar-refractivity contribution in [3.63, 3.8) is 0 Å². The van der Waals surface area contributed by atoms with E-state index in [-0.39, 0.29) is 6.04 Å². The molecule has 0 saturated carbocycles. The number of nitrogens with zero attached hydrogens (tertiary/aromatic N) is 1. The van der Waals surface area contributed by atoms with Crippen molar-refractivity contribution in [1.29, 1.82) is 0 Å². The lowest BCUT2D eigenvalue weighted by Gasteiger charge is -2.06. The molecule has 3 heteroatoms. The zero-order valence-electron chi connectivity index (χ0n) is 11.3. The van der Waals surface area contributed by atoms with Gasteiger partial charge in [0.2, 0.25) is 0 Å². The van der Waals surface area contributed by atoms with Crippen molar-refractivity contribution < 1.29 is 4.74 Å². The molecule has 1 atom stereocenters. The molecule has 1 unspecified atom stereocenters. The summed E-state index contributed by atoms with van der Waals surface area (Å²) < 4.78 is 5.09. The smallest absolute Gasteiger partial charge is 0.118 e. The molecule has 0 heterocycles. The lowest BCUT2D eigenvalue weighted by atomic mass is 10.0. The minimum absolute atomic E-state index is 0.227. The van der Waals surface area contributed by atoms with Crippen LogP contribution in [-0.2, 0) is 0 Å². The van der Waals surface area contributed by atoms with Gasteiger partial charge in [-0.05, 0) is 36.5 Å². The van der Waals surface area contributed by atoms with Crippen molar-refractivity contribution in [1.82, 2.24) is 0 Å². The summed E-state index contributed by atoms with van der Waals surface area (Å²) in [6.07, 6.45) is 5.64. The fourth-order valence-corrected chi connectivity index (χ4v) is 1.63. The van der Waals surface area contributed by atoms with Crippen LogP contribution in [0.4, 0.5) is 0 Å². The lowest BCUT2D eigenvalue weighted by molar-refractivity contribution is 0.415. The van der Waals surface area contributed by atoms with E-state index in [0.29, 0.717) is 5.92 Å². The van der Waals surface area contributed by atoms with Gasteiger partial charge in [0.1, 0.15) is 11.8 Å². The molecule has 18 heavy (non-hydrogen) atoms. The molecule has 0 aromatic heterocycles. The molecule has 1 aromatic carbocycles. The van der Waals surface area contributed by atoms with E-state index in [4.69, 9.17) is 4.74 Å². The molecular weight excluding hydrogens is 226 g/mol. The van der Waals surface area contributed by atoms with Crippen LogP contribution in [0.1, 0.15) is 32.3 Å². The van der Waals surface area contributed by atoms with Crippen molar-refractivity contribution in [3.8, 4) is 5.75 Å². The van der Waals surface area contributed by atoms with Crippen LogP contribution >= 0.6 is 0 Å². The Balaban J connectivity index is 2.56. The van der Waals surface area contributed by atoms with Gasteiger partial charge in [0.05, 0.1) is 7.11 Å². The van der Waals surface area contributed by atoms with E-state index < -0.39 is 0 Å². The second-order valence-electron chi connectivity index (χ2n) is 4.78. The van der Waals surface area contributed by atoms with Gasteiger partial charge < -0.3 is 4.74 Å². The molecule has 0 radical (unpaired) electrons. The number of rotatable bonds is 7. The van der Waals surface area contributed by atoms with E-state index in [9.17, 15) is 4.91 Å². The van der Waals surface area contributed by atoms with Gasteiger partial charge in [-0.15, -0.1) is 0 Å². The minimum atomic E-state index is -0.227. The highest BCUT2D eigenvalue weighted by Crippen LogP contribution is 2.15. The van der Waals surface area contributed by atoms with Gasteiger partial charge in [0, 0.05) is 0 Å². The van der Waals surface area contributed by atoms with Crippen LogP contribution in [0.15, 0.2) is 35.5 Å². The predicted octanol–water partition coefficient (Wildman–Crippen LogP) is 4.28. The number of methoxy groups -OCH3 is 1. The second-order valence-corrected chi connectivity index (χ2v) is 4.78. The predicted molar refractivity (Wildman–Crippen MR) is 75.7 cm³/mol. The van der Waals surface area contributed by atoms with Crippen LogP contribution in [0.3, 0.4) is 0 Å². The number of ether oxygens (including phenoxy) is 1. The van der Waals surface area contributed by atoms with Crippen molar-refractivity contribution in [2.45, 2.75) is 32.7 Å². The first-order valence-corrected chi connectivity index (χ1v) is 6.30. The van der Waals surface area contributed by atoms with E-state index in [2.05, 4.69) is 19.0 Å². The molecule has 3 nitrogen and oxygen atoms in total. The first-order chi connectivity index (χ1) is 8.65. The first-order valence-electron chi connectivity index (χ1n) is 6.30. The lowest BCUT2D eigenvalue weighted by Crippen LogP contribution is -2.01. The average Bonchev–Trinajstić information content (AvgIpc) is 2.39. The monoisotopic (exact) mass is 247 g/mol. The molecule has 0 fully saturated rings. The topological polar surface area (TPSA) is 38.7 Å². The summed E-state index contributed by atoms with van der Waals surface area (Å²) in [5.74, 6) is 1.43. The van der Waals surface area contributed by atoms with Crippen LogP contribution in [0, 0.1) is 10.8 Å². The third-order valence-corrected chi connectivity index (χ3v) is 2.80. The molecule has 0 bridgehead atoms. The van der Waals surface area contributed by atoms with Gasteiger partial charge in [0.25, 0.3) is 0 Å². The summed E-state index contributed by atoms with van der Waals surface area (Å²) in [6.45, 7) is 4.30. The molecule has 98 valence electrons. The van der Waals surface area contributed by atoms with Crippen molar-refractivity contribution in [2.75, 3.05) is 7.11 Å². The molecule has 0 amide bonds. The normalized spacial score (nSPS) is 12.9. The maximum atomic E-state index is 10.7. The molecule has 0 aliphatic heterocycles. The summed E-state index contributed by atoms with van der Waals surface area (Å²) in [7, 11) is 1.64. The number of hydrogen-bond donors (Lipinski definition) is 0. The summed E-state index contributed by atoms with van der Waals surface area (Å²) in [5, 5.41) is 3.15. The molecule has 0 spiro atoms. The summed E-state index contributed by atoms with van der Waals surface area (Å²) >= 11 is 0. The van der Waals surface area contributed by atoms with Crippen LogP contribution in [0.25, 0.3) is 6.08 Å². The SMILES string of the molecule is COc1ccc(C=CC(CCC(C)C)N=O)cc1. The van der Waals surface area contributed by atoms with E-state index in [0.717, 1.165) is 24.2 Å². The summed E-state index contributed by atoms with van der Waals surface area (Å²) in [5.41, 5.74) is 1.05. The second kappa shape index (κ2) is 7.64. The van der Waals surface area contributed by atoms with Crippen molar-refractivity contribution >= 4 is 6.08 Å². The Morgan fingerprint density at radius 1 is 1.22 bits per heavy atom. The van der Waals surface area contributed by atoms with E-state index in [1.54, 1.807) is 7.11 Å². The van der Waals surface area contributed by atoms with Crippen molar-refractivity contribution in [2.24, 2.45) is 11.1 Å². The highest BCUT2D eigenvalue weighted by molar-refractivity contribution is 5.51. The van der Waals surface area contributed by atoms with Crippen molar-refractivity contribution in [3.05, 3.63) is 40.8 Å². The number of benzene rings is 1. The third-order valence-electron chi connectivity index (χ3n) is 2.80. The summed E-state index contributed by atoms with van der Waals surface area (Å²) in [4.78, 5) is 10.7. The molecule has 0 saturated heterocycles. The Morgan fingerprint density at radius 3 is 2.39 bits per heavy atom. The maximum Gasteiger partial charge on any atom is 0.118 e. The third kappa shape index (κ3) is 5.13. The van der Waals surface area contributed by atoms with E-state index in [1.807, 2.05) is 36.4 Å². The molecule has 1 aromatic rings. The molecule has 1 rings (SSSR count). The summed E-state index contributed by atoms with van der Waals surface area (Å²) in [6, 6.07) is 7.49. The van der Waals surface area contributed by atoms with Gasteiger partial charge in [-0.3, -0.25) is 0 Å². The maximum absolute atomic E-state index is 10.7. The number of nitroso groups, excluding NO2 is 1. The van der Waals surface area contributed by atoms with Crippen LogP contribution in [-0.4, -0.2) is 13.2 Å².